The van der Waals surface area contributed by atoms with Crippen LogP contribution >= 0.6 is 0 Å². The van der Waals surface area contributed by atoms with Crippen LogP contribution in [-0.4, -0.2) is 23.2 Å². The molecule has 0 atom stereocenters. The van der Waals surface area contributed by atoms with Gasteiger partial charge in [0.1, 0.15) is 5.82 Å². The minimum absolute atomic E-state index is 0.220. The number of nitrogens with zero attached hydrogens (tertiary/aromatic N) is 3. The van der Waals surface area contributed by atoms with E-state index in [2.05, 4.69) is 24.0 Å². The molecule has 2 rings (SSSR count). The molecule has 108 valence electrons. The largest absolute Gasteiger partial charge is 0.274 e. The Morgan fingerprint density at radius 3 is 2.40 bits per heavy atom. The van der Waals surface area contributed by atoms with Crippen LogP contribution in [0.4, 0.5) is 0 Å². The monoisotopic (exact) mass is 294 g/mol. The van der Waals surface area contributed by atoms with Crippen molar-refractivity contribution < 1.29 is 8.42 Å². The summed E-state index contributed by atoms with van der Waals surface area (Å²) in [7, 11) is -3.91. The van der Waals surface area contributed by atoms with Gasteiger partial charge in [-0.2, -0.15) is 0 Å². The summed E-state index contributed by atoms with van der Waals surface area (Å²) in [6, 6.07) is 9.12. The molecule has 7 heteroatoms. The zero-order valence-corrected chi connectivity index (χ0v) is 12.3. The van der Waals surface area contributed by atoms with Crippen LogP contribution in [0.25, 0.3) is 5.69 Å². The third-order valence-corrected chi connectivity index (χ3v) is 3.69. The highest BCUT2D eigenvalue weighted by atomic mass is 32.2. The number of aryl methyl sites for hydroxylation is 1. The topological polar surface area (TPSA) is 90.9 Å². The molecule has 1 aromatic carbocycles. The first-order valence-electron chi connectivity index (χ1n) is 6.42. The van der Waals surface area contributed by atoms with E-state index in [0.717, 1.165) is 6.42 Å². The van der Waals surface area contributed by atoms with Gasteiger partial charge >= 0.3 is 0 Å². The fraction of sp³-hybridized carbons (Fsp3) is 0.385. The second-order valence-corrected chi connectivity index (χ2v) is 6.50. The number of aromatic nitrogens is 3. The molecular formula is C13H18N4O2S. The highest BCUT2D eigenvalue weighted by Crippen LogP contribution is 2.18. The standard InChI is InChI=1S/C13H18N4O2S/c1-10(2)8-9-12-15-16-13(20(14,18)19)17(12)11-6-4-3-5-7-11/h3-7,10H,8-9H2,1-2H3,(H2,14,18,19). The van der Waals surface area contributed by atoms with Gasteiger partial charge in [-0.3, -0.25) is 4.57 Å². The molecule has 0 spiro atoms. The summed E-state index contributed by atoms with van der Waals surface area (Å²) >= 11 is 0. The highest BCUT2D eigenvalue weighted by Gasteiger charge is 2.22. The Morgan fingerprint density at radius 2 is 1.85 bits per heavy atom. The lowest BCUT2D eigenvalue weighted by Crippen LogP contribution is -2.18. The van der Waals surface area contributed by atoms with Gasteiger partial charge in [-0.15, -0.1) is 10.2 Å². The molecule has 0 aliphatic rings. The number of benzene rings is 1. The second kappa shape index (κ2) is 5.72. The van der Waals surface area contributed by atoms with Gasteiger partial charge < -0.3 is 0 Å². The van der Waals surface area contributed by atoms with E-state index in [1.165, 1.54) is 4.57 Å². The predicted molar refractivity (Wildman–Crippen MR) is 75.9 cm³/mol. The van der Waals surface area contributed by atoms with E-state index >= 15 is 0 Å². The quantitative estimate of drug-likeness (QED) is 0.904. The van der Waals surface area contributed by atoms with Crippen molar-refractivity contribution in [3.05, 3.63) is 36.2 Å². The number of rotatable bonds is 5. The fourth-order valence-corrected chi connectivity index (χ4v) is 2.52. The smallest absolute Gasteiger partial charge is 0.269 e. The lowest BCUT2D eigenvalue weighted by atomic mass is 10.1. The van der Waals surface area contributed by atoms with Crippen molar-refractivity contribution in [2.45, 2.75) is 31.8 Å². The van der Waals surface area contributed by atoms with Crippen LogP contribution in [0.2, 0.25) is 0 Å². The van der Waals surface area contributed by atoms with Crippen LogP contribution in [0.15, 0.2) is 35.5 Å². The van der Waals surface area contributed by atoms with Crippen molar-refractivity contribution in [1.82, 2.24) is 14.8 Å². The van der Waals surface area contributed by atoms with Crippen molar-refractivity contribution in [3.8, 4) is 5.69 Å². The summed E-state index contributed by atoms with van der Waals surface area (Å²) in [4.78, 5) is 0. The van der Waals surface area contributed by atoms with Crippen molar-refractivity contribution in [2.24, 2.45) is 11.1 Å². The number of primary sulfonamides is 1. The van der Waals surface area contributed by atoms with Gasteiger partial charge in [-0.1, -0.05) is 32.0 Å². The van der Waals surface area contributed by atoms with Crippen LogP contribution in [-0.2, 0) is 16.4 Å². The molecule has 0 radical (unpaired) electrons. The molecule has 2 N–H and O–H groups in total. The van der Waals surface area contributed by atoms with Crippen LogP contribution in [0.3, 0.4) is 0 Å². The van der Waals surface area contributed by atoms with Crippen LogP contribution in [0.5, 0.6) is 0 Å². The molecular weight excluding hydrogens is 276 g/mol. The Morgan fingerprint density at radius 1 is 1.20 bits per heavy atom. The second-order valence-electron chi connectivity index (χ2n) is 5.05. The first-order valence-corrected chi connectivity index (χ1v) is 7.96. The van der Waals surface area contributed by atoms with E-state index in [9.17, 15) is 8.42 Å². The van der Waals surface area contributed by atoms with Gasteiger partial charge in [0.2, 0.25) is 0 Å². The van der Waals surface area contributed by atoms with E-state index in [-0.39, 0.29) is 5.16 Å². The Balaban J connectivity index is 2.52. The molecule has 1 heterocycles. The lowest BCUT2D eigenvalue weighted by molar-refractivity contribution is 0.565. The van der Waals surface area contributed by atoms with Gasteiger partial charge in [0.25, 0.3) is 15.2 Å². The summed E-state index contributed by atoms with van der Waals surface area (Å²) < 4.78 is 24.8. The van der Waals surface area contributed by atoms with Crippen molar-refractivity contribution in [2.75, 3.05) is 0 Å². The van der Waals surface area contributed by atoms with Gasteiger partial charge in [-0.25, -0.2) is 13.6 Å². The summed E-state index contributed by atoms with van der Waals surface area (Å²) in [5.74, 6) is 1.10. The first-order chi connectivity index (χ1) is 9.39. The van der Waals surface area contributed by atoms with Crippen LogP contribution in [0, 0.1) is 5.92 Å². The zero-order valence-electron chi connectivity index (χ0n) is 11.5. The third kappa shape index (κ3) is 3.23. The number of sulfonamides is 1. The molecule has 6 nitrogen and oxygen atoms in total. The highest BCUT2D eigenvalue weighted by molar-refractivity contribution is 7.89. The summed E-state index contributed by atoms with van der Waals surface area (Å²) in [5.41, 5.74) is 0.695. The first kappa shape index (κ1) is 14.7. The Bertz CT molecular complexity index is 678. The number of nitrogens with two attached hydrogens (primary N) is 1. The Kier molecular flexibility index (Phi) is 4.20. The van der Waals surface area contributed by atoms with E-state index in [0.29, 0.717) is 23.9 Å². The zero-order chi connectivity index (χ0) is 14.8. The Labute approximate surface area is 118 Å². The molecule has 0 amide bonds. The van der Waals surface area contributed by atoms with Crippen LogP contribution < -0.4 is 5.14 Å². The molecule has 0 aliphatic heterocycles. The van der Waals surface area contributed by atoms with Gasteiger partial charge in [0, 0.05) is 12.1 Å². The van der Waals surface area contributed by atoms with Crippen molar-refractivity contribution in [1.29, 1.82) is 0 Å². The van der Waals surface area contributed by atoms with Gasteiger partial charge in [-0.05, 0) is 24.5 Å². The minimum Gasteiger partial charge on any atom is -0.269 e. The third-order valence-electron chi connectivity index (χ3n) is 2.91. The molecule has 0 bridgehead atoms. The maximum atomic E-state index is 11.6. The van der Waals surface area contributed by atoms with Crippen LogP contribution in [0.1, 0.15) is 26.1 Å². The summed E-state index contributed by atoms with van der Waals surface area (Å²) in [6.45, 7) is 4.20. The number of hydrogen-bond acceptors (Lipinski definition) is 4. The molecule has 0 saturated heterocycles. The fourth-order valence-electron chi connectivity index (χ4n) is 1.90. The Hall–Kier alpha value is -1.73. The molecule has 1 aromatic heterocycles. The number of hydrogen-bond donors (Lipinski definition) is 1. The molecule has 20 heavy (non-hydrogen) atoms. The molecule has 0 saturated carbocycles. The maximum Gasteiger partial charge on any atom is 0.274 e. The number of para-hydroxylation sites is 1. The van der Waals surface area contributed by atoms with Crippen molar-refractivity contribution >= 4 is 10.0 Å². The van der Waals surface area contributed by atoms with Crippen molar-refractivity contribution in [3.63, 3.8) is 0 Å². The average Bonchev–Trinajstić information content (AvgIpc) is 2.81. The molecule has 0 fully saturated rings. The summed E-state index contributed by atoms with van der Waals surface area (Å²) in [6.07, 6.45) is 1.55. The van der Waals surface area contributed by atoms with Gasteiger partial charge in [0.15, 0.2) is 0 Å². The minimum atomic E-state index is -3.91. The van der Waals surface area contributed by atoms with Gasteiger partial charge in [0.05, 0.1) is 0 Å². The normalized spacial score (nSPS) is 12.0. The van der Waals surface area contributed by atoms with E-state index in [1.807, 2.05) is 18.2 Å². The SMILES string of the molecule is CC(C)CCc1nnc(S(N)(=O)=O)n1-c1ccccc1. The van der Waals surface area contributed by atoms with E-state index in [4.69, 9.17) is 5.14 Å². The summed E-state index contributed by atoms with van der Waals surface area (Å²) in [5, 5.41) is 12.7. The average molecular weight is 294 g/mol. The predicted octanol–water partition coefficient (Wildman–Crippen LogP) is 1.50. The maximum absolute atomic E-state index is 11.6. The molecule has 0 aliphatic carbocycles. The molecule has 0 unspecified atom stereocenters. The van der Waals surface area contributed by atoms with E-state index in [1.54, 1.807) is 12.1 Å². The lowest BCUT2D eigenvalue weighted by Gasteiger charge is -2.10. The van der Waals surface area contributed by atoms with E-state index < -0.39 is 10.0 Å². The molecule has 2 aromatic rings.